The molecule has 1 saturated heterocycles. The maximum atomic E-state index is 14.3. The zero-order valence-corrected chi connectivity index (χ0v) is 13.3. The van der Waals surface area contributed by atoms with Gasteiger partial charge in [0.1, 0.15) is 5.82 Å². The van der Waals surface area contributed by atoms with Crippen LogP contribution in [-0.2, 0) is 0 Å². The predicted molar refractivity (Wildman–Crippen MR) is 89.9 cm³/mol. The quantitative estimate of drug-likeness (QED) is 0.776. The van der Waals surface area contributed by atoms with Gasteiger partial charge in [-0.3, -0.25) is 0 Å². The van der Waals surface area contributed by atoms with Crippen molar-refractivity contribution in [3.8, 4) is 11.3 Å². The molecule has 0 saturated carbocycles. The van der Waals surface area contributed by atoms with Gasteiger partial charge in [0.05, 0.1) is 11.2 Å². The molecule has 1 aliphatic rings. The lowest BCUT2D eigenvalue weighted by Crippen LogP contribution is -2.44. The summed E-state index contributed by atoms with van der Waals surface area (Å²) < 4.78 is 41.7. The molecule has 128 valence electrons. The highest BCUT2D eigenvalue weighted by atomic mass is 19.2. The molecule has 0 atom stereocenters. The van der Waals surface area contributed by atoms with E-state index < -0.39 is 17.5 Å². The van der Waals surface area contributed by atoms with Gasteiger partial charge in [0.25, 0.3) is 0 Å². The number of halogens is 3. The Kier molecular flexibility index (Phi) is 4.01. The molecule has 7 heteroatoms. The molecule has 2 aromatic carbocycles. The molecule has 4 nitrogen and oxygen atoms in total. The Labute approximate surface area is 142 Å². The van der Waals surface area contributed by atoms with E-state index in [9.17, 15) is 13.2 Å². The van der Waals surface area contributed by atoms with Crippen molar-refractivity contribution in [2.75, 3.05) is 31.1 Å². The minimum Gasteiger partial charge on any atom is -0.338 e. The van der Waals surface area contributed by atoms with Gasteiger partial charge in [-0.25, -0.2) is 23.1 Å². The minimum absolute atomic E-state index is 0.0374. The third-order valence-electron chi connectivity index (χ3n) is 4.25. The zero-order chi connectivity index (χ0) is 17.4. The van der Waals surface area contributed by atoms with E-state index in [1.165, 1.54) is 30.3 Å². The van der Waals surface area contributed by atoms with Crippen LogP contribution in [0.4, 0.5) is 19.1 Å². The van der Waals surface area contributed by atoms with Crippen LogP contribution in [0, 0.1) is 17.5 Å². The van der Waals surface area contributed by atoms with Crippen molar-refractivity contribution in [2.24, 2.45) is 0 Å². The van der Waals surface area contributed by atoms with E-state index in [1.54, 1.807) is 0 Å². The van der Waals surface area contributed by atoms with Crippen molar-refractivity contribution in [2.45, 2.75) is 0 Å². The summed E-state index contributed by atoms with van der Waals surface area (Å²) in [5, 5.41) is 3.70. The smallest absolute Gasteiger partial charge is 0.226 e. The topological polar surface area (TPSA) is 41.1 Å². The van der Waals surface area contributed by atoms with Gasteiger partial charge >= 0.3 is 0 Å². The van der Waals surface area contributed by atoms with Crippen LogP contribution in [0.25, 0.3) is 22.2 Å². The average molecular weight is 344 g/mol. The maximum absolute atomic E-state index is 14.3. The number of nitrogens with zero attached hydrogens (tertiary/aromatic N) is 3. The van der Waals surface area contributed by atoms with Crippen LogP contribution in [0.5, 0.6) is 0 Å². The average Bonchev–Trinajstić information content (AvgIpc) is 2.63. The molecular formula is C18H15F3N4. The number of hydrogen-bond acceptors (Lipinski definition) is 4. The number of anilines is 1. The van der Waals surface area contributed by atoms with Gasteiger partial charge in [0.2, 0.25) is 5.95 Å². The highest BCUT2D eigenvalue weighted by molar-refractivity contribution is 5.93. The molecule has 0 spiro atoms. The fraction of sp³-hybridized carbons (Fsp3) is 0.222. The maximum Gasteiger partial charge on any atom is 0.226 e. The molecule has 2 heterocycles. The summed E-state index contributed by atoms with van der Waals surface area (Å²) in [6.07, 6.45) is 0. The Balaban J connectivity index is 1.96. The molecule has 25 heavy (non-hydrogen) atoms. The third kappa shape index (κ3) is 2.91. The van der Waals surface area contributed by atoms with Gasteiger partial charge in [-0.2, -0.15) is 0 Å². The summed E-state index contributed by atoms with van der Waals surface area (Å²) >= 11 is 0. The fourth-order valence-corrected chi connectivity index (χ4v) is 2.99. The molecule has 1 aliphatic heterocycles. The molecule has 4 rings (SSSR count). The van der Waals surface area contributed by atoms with Crippen molar-refractivity contribution in [3.05, 3.63) is 53.8 Å². The summed E-state index contributed by atoms with van der Waals surface area (Å²) in [4.78, 5) is 10.9. The van der Waals surface area contributed by atoms with E-state index >= 15 is 0 Å². The van der Waals surface area contributed by atoms with Gasteiger partial charge in [-0.1, -0.05) is 6.07 Å². The van der Waals surface area contributed by atoms with Gasteiger partial charge in [-0.15, -0.1) is 0 Å². The molecule has 1 fully saturated rings. The normalized spacial score (nSPS) is 14.9. The van der Waals surface area contributed by atoms with E-state index in [1.807, 2.05) is 4.90 Å². The van der Waals surface area contributed by atoms with Crippen molar-refractivity contribution >= 4 is 16.9 Å². The van der Waals surface area contributed by atoms with Crippen molar-refractivity contribution in [3.63, 3.8) is 0 Å². The van der Waals surface area contributed by atoms with Crippen LogP contribution < -0.4 is 10.2 Å². The van der Waals surface area contributed by atoms with Gasteiger partial charge in [0.15, 0.2) is 11.6 Å². The second-order valence-corrected chi connectivity index (χ2v) is 5.87. The van der Waals surface area contributed by atoms with Crippen molar-refractivity contribution in [1.29, 1.82) is 0 Å². The van der Waals surface area contributed by atoms with E-state index in [2.05, 4.69) is 15.3 Å². The molecule has 0 amide bonds. The monoisotopic (exact) mass is 344 g/mol. The predicted octanol–water partition coefficient (Wildman–Crippen LogP) is 3.12. The molecular weight excluding hydrogens is 329 g/mol. The molecule has 1 aromatic heterocycles. The van der Waals surface area contributed by atoms with Crippen LogP contribution in [-0.4, -0.2) is 36.1 Å². The second-order valence-electron chi connectivity index (χ2n) is 5.87. The first-order valence-corrected chi connectivity index (χ1v) is 8.01. The van der Waals surface area contributed by atoms with Gasteiger partial charge < -0.3 is 10.2 Å². The fourth-order valence-electron chi connectivity index (χ4n) is 2.99. The Hall–Kier alpha value is -2.67. The molecule has 0 radical (unpaired) electrons. The highest BCUT2D eigenvalue weighted by Crippen LogP contribution is 2.31. The number of aromatic nitrogens is 2. The third-order valence-corrected chi connectivity index (χ3v) is 4.25. The van der Waals surface area contributed by atoms with Crippen LogP contribution in [0.2, 0.25) is 0 Å². The van der Waals surface area contributed by atoms with Gasteiger partial charge in [-0.05, 0) is 24.3 Å². The van der Waals surface area contributed by atoms with E-state index in [0.717, 1.165) is 19.2 Å². The minimum atomic E-state index is -0.974. The summed E-state index contributed by atoms with van der Waals surface area (Å²) in [5.41, 5.74) is 0.660. The summed E-state index contributed by atoms with van der Waals surface area (Å²) in [6.45, 7) is 2.92. The Morgan fingerprint density at radius 3 is 2.56 bits per heavy atom. The van der Waals surface area contributed by atoms with Crippen molar-refractivity contribution < 1.29 is 13.2 Å². The molecule has 1 N–H and O–H groups in total. The van der Waals surface area contributed by atoms with Crippen molar-refractivity contribution in [1.82, 2.24) is 15.3 Å². The number of hydrogen-bond donors (Lipinski definition) is 1. The molecule has 0 bridgehead atoms. The highest BCUT2D eigenvalue weighted by Gasteiger charge is 2.20. The first-order valence-electron chi connectivity index (χ1n) is 8.01. The number of benzene rings is 2. The molecule has 3 aromatic rings. The van der Waals surface area contributed by atoms with E-state index in [0.29, 0.717) is 29.9 Å². The standard InChI is InChI=1S/C18H15F3N4/c19-11-4-5-12-15(10-11)23-18(25-8-6-22-7-9-25)24-17(12)13-2-1-3-14(20)16(13)21/h1-5,10,22H,6-9H2. The number of piperazine rings is 1. The lowest BCUT2D eigenvalue weighted by Gasteiger charge is -2.28. The van der Waals surface area contributed by atoms with Crippen LogP contribution in [0.15, 0.2) is 36.4 Å². The zero-order valence-electron chi connectivity index (χ0n) is 13.3. The van der Waals surface area contributed by atoms with E-state index in [4.69, 9.17) is 0 Å². The first kappa shape index (κ1) is 15.8. The second kappa shape index (κ2) is 6.33. The Morgan fingerprint density at radius 1 is 0.960 bits per heavy atom. The first-order chi connectivity index (χ1) is 12.1. The SMILES string of the molecule is Fc1ccc2c(-c3cccc(F)c3F)nc(N3CCNCC3)nc2c1. The number of rotatable bonds is 2. The molecule has 0 aliphatic carbocycles. The van der Waals surface area contributed by atoms with Crippen LogP contribution >= 0.6 is 0 Å². The molecule has 0 unspecified atom stereocenters. The largest absolute Gasteiger partial charge is 0.338 e. The Morgan fingerprint density at radius 2 is 1.76 bits per heavy atom. The summed E-state index contributed by atoms with van der Waals surface area (Å²) in [5.74, 6) is -1.98. The Bertz CT molecular complexity index is 939. The van der Waals surface area contributed by atoms with Crippen LogP contribution in [0.3, 0.4) is 0 Å². The summed E-state index contributed by atoms with van der Waals surface area (Å²) in [6, 6.07) is 7.98. The number of nitrogens with one attached hydrogen (secondary N) is 1. The lowest BCUT2D eigenvalue weighted by molar-refractivity contribution is 0.511. The van der Waals surface area contributed by atoms with Crippen LogP contribution in [0.1, 0.15) is 0 Å². The number of fused-ring (bicyclic) bond motifs is 1. The lowest BCUT2D eigenvalue weighted by atomic mass is 10.1. The summed E-state index contributed by atoms with van der Waals surface area (Å²) in [7, 11) is 0. The van der Waals surface area contributed by atoms with Gasteiger partial charge in [0, 0.05) is 43.2 Å². The van der Waals surface area contributed by atoms with E-state index in [-0.39, 0.29) is 11.3 Å².